The molecule has 174 valence electrons. The van der Waals surface area contributed by atoms with E-state index in [0.29, 0.717) is 34.6 Å². The summed E-state index contributed by atoms with van der Waals surface area (Å²) in [5.74, 6) is -0.657. The van der Waals surface area contributed by atoms with Gasteiger partial charge in [-0.25, -0.2) is 0 Å². The van der Waals surface area contributed by atoms with Crippen molar-refractivity contribution in [2.24, 2.45) is 0 Å². The number of fused-ring (bicyclic) bond motifs is 1. The molecule has 5 rings (SSSR count). The van der Waals surface area contributed by atoms with Gasteiger partial charge in [0.1, 0.15) is 0 Å². The number of carbonyl (C=O) groups excluding carboxylic acids is 3. The first-order valence-corrected chi connectivity index (χ1v) is 11.5. The van der Waals surface area contributed by atoms with Gasteiger partial charge in [-0.1, -0.05) is 54.2 Å². The molecule has 2 aliphatic rings. The molecular weight excluding hydrogens is 468 g/mol. The fourth-order valence-electron chi connectivity index (χ4n) is 4.01. The highest BCUT2D eigenvalue weighted by atomic mass is 32.2. The maximum Gasteiger partial charge on any atom is 0.286 e. The Morgan fingerprint density at radius 1 is 0.971 bits per heavy atom. The Bertz CT molecular complexity index is 1400. The highest BCUT2D eigenvalue weighted by Crippen LogP contribution is 2.39. The molecule has 0 radical (unpaired) electrons. The Morgan fingerprint density at radius 2 is 1.71 bits per heavy atom. The van der Waals surface area contributed by atoms with Crippen molar-refractivity contribution in [1.82, 2.24) is 5.32 Å². The summed E-state index contributed by atoms with van der Waals surface area (Å²) >= 11 is 0.979. The van der Waals surface area contributed by atoms with E-state index in [0.717, 1.165) is 22.9 Å². The molecule has 35 heavy (non-hydrogen) atoms. The molecule has 3 aromatic carbocycles. The molecule has 0 aliphatic carbocycles. The van der Waals surface area contributed by atoms with Crippen LogP contribution in [0.2, 0.25) is 0 Å². The number of amides is 3. The largest absolute Gasteiger partial charge is 0.354 e. The lowest BCUT2D eigenvalue weighted by molar-refractivity contribution is -0.384. The molecule has 10 heteroatoms. The Balaban J connectivity index is 1.50. The highest BCUT2D eigenvalue weighted by Gasteiger charge is 2.32. The van der Waals surface area contributed by atoms with E-state index >= 15 is 0 Å². The van der Waals surface area contributed by atoms with Gasteiger partial charge in [0.15, 0.2) is 0 Å². The standard InChI is InChI=1S/C25H18N4O5S/c30-23-20(35-25(32)28-23)12-14-6-8-16(9-7-14)26-22(15-4-2-1-3-5-15)21-18-13-17(29(33)34)10-11-19(18)27-24(21)31/h1-11,13,20,26H,12H2,(H,27,31)(H,28,30,32). The number of nitro groups is 1. The molecule has 1 unspecified atom stereocenters. The molecule has 3 aromatic rings. The van der Waals surface area contributed by atoms with E-state index in [1.807, 2.05) is 54.6 Å². The third-order valence-electron chi connectivity index (χ3n) is 5.68. The number of anilines is 2. The van der Waals surface area contributed by atoms with E-state index in [1.54, 1.807) is 0 Å². The summed E-state index contributed by atoms with van der Waals surface area (Å²) in [6, 6.07) is 20.8. The molecule has 3 amide bonds. The van der Waals surface area contributed by atoms with Gasteiger partial charge in [0.25, 0.3) is 16.8 Å². The third kappa shape index (κ3) is 4.51. The number of thioether (sulfide) groups is 1. The van der Waals surface area contributed by atoms with Crippen LogP contribution in [0, 0.1) is 10.1 Å². The van der Waals surface area contributed by atoms with E-state index in [2.05, 4.69) is 16.0 Å². The number of nitro benzene ring substituents is 1. The minimum absolute atomic E-state index is 0.109. The first kappa shape index (κ1) is 22.4. The average molecular weight is 487 g/mol. The monoisotopic (exact) mass is 486 g/mol. The SMILES string of the molecule is O=C1NC(=O)C(Cc2ccc(NC(=C3C(=O)Nc4ccc([N+](=O)[O-])cc43)c3ccccc3)cc2)S1. The predicted molar refractivity (Wildman–Crippen MR) is 134 cm³/mol. The van der Waals surface area contributed by atoms with Crippen LogP contribution in [0.5, 0.6) is 0 Å². The molecule has 9 nitrogen and oxygen atoms in total. The Labute approximate surface area is 203 Å². The normalized spacial score (nSPS) is 18.1. The van der Waals surface area contributed by atoms with Crippen LogP contribution in [0.1, 0.15) is 16.7 Å². The van der Waals surface area contributed by atoms with Crippen LogP contribution in [-0.4, -0.2) is 27.2 Å². The van der Waals surface area contributed by atoms with Crippen molar-refractivity contribution < 1.29 is 19.3 Å². The highest BCUT2D eigenvalue weighted by molar-refractivity contribution is 8.15. The zero-order valence-corrected chi connectivity index (χ0v) is 18.9. The molecule has 0 aromatic heterocycles. The first-order valence-electron chi connectivity index (χ1n) is 10.7. The van der Waals surface area contributed by atoms with Gasteiger partial charge in [0, 0.05) is 29.1 Å². The fourth-order valence-corrected chi connectivity index (χ4v) is 4.87. The summed E-state index contributed by atoms with van der Waals surface area (Å²) in [6.07, 6.45) is 0.411. The first-order chi connectivity index (χ1) is 16.9. The summed E-state index contributed by atoms with van der Waals surface area (Å²) in [5, 5.41) is 18.9. The maximum absolute atomic E-state index is 13.0. The molecular formula is C25H18N4O5S. The summed E-state index contributed by atoms with van der Waals surface area (Å²) in [7, 11) is 0. The number of hydrogen-bond donors (Lipinski definition) is 3. The quantitative estimate of drug-likeness (QED) is 0.267. The predicted octanol–water partition coefficient (Wildman–Crippen LogP) is 4.42. The van der Waals surface area contributed by atoms with E-state index < -0.39 is 10.2 Å². The van der Waals surface area contributed by atoms with Gasteiger partial charge in [0.05, 0.1) is 21.4 Å². The fraction of sp³-hybridized carbons (Fsp3) is 0.0800. The van der Waals surface area contributed by atoms with Gasteiger partial charge < -0.3 is 10.6 Å². The second-order valence-electron chi connectivity index (χ2n) is 7.97. The van der Waals surface area contributed by atoms with E-state index in [-0.39, 0.29) is 22.7 Å². The molecule has 0 bridgehead atoms. The molecule has 1 fully saturated rings. The van der Waals surface area contributed by atoms with Crippen molar-refractivity contribution in [3.8, 4) is 0 Å². The minimum atomic E-state index is -0.495. The Hall–Kier alpha value is -4.44. The molecule has 3 N–H and O–H groups in total. The van der Waals surface area contributed by atoms with Crippen molar-refractivity contribution in [3.63, 3.8) is 0 Å². The van der Waals surface area contributed by atoms with Gasteiger partial charge in [-0.3, -0.25) is 29.8 Å². The number of imide groups is 1. The van der Waals surface area contributed by atoms with Crippen LogP contribution < -0.4 is 16.0 Å². The van der Waals surface area contributed by atoms with Crippen molar-refractivity contribution in [2.45, 2.75) is 11.7 Å². The van der Waals surface area contributed by atoms with E-state index in [9.17, 15) is 24.5 Å². The van der Waals surface area contributed by atoms with Crippen LogP contribution in [0.15, 0.2) is 72.8 Å². The number of hydrogen-bond acceptors (Lipinski definition) is 7. The van der Waals surface area contributed by atoms with Crippen LogP contribution >= 0.6 is 11.8 Å². The van der Waals surface area contributed by atoms with Crippen molar-refractivity contribution in [1.29, 1.82) is 0 Å². The molecule has 0 spiro atoms. The van der Waals surface area contributed by atoms with Crippen molar-refractivity contribution in [2.75, 3.05) is 10.6 Å². The van der Waals surface area contributed by atoms with Gasteiger partial charge >= 0.3 is 0 Å². The third-order valence-corrected chi connectivity index (χ3v) is 6.66. The van der Waals surface area contributed by atoms with Crippen molar-refractivity contribution in [3.05, 3.63) is 99.6 Å². The second kappa shape index (κ2) is 9.07. The topological polar surface area (TPSA) is 130 Å². The molecule has 1 saturated heterocycles. The average Bonchev–Trinajstić information content (AvgIpc) is 3.35. The lowest BCUT2D eigenvalue weighted by Crippen LogP contribution is -2.25. The summed E-state index contributed by atoms with van der Waals surface area (Å²) in [5.41, 5.74) is 3.95. The van der Waals surface area contributed by atoms with Gasteiger partial charge in [0.2, 0.25) is 5.91 Å². The lowest BCUT2D eigenvalue weighted by atomic mass is 9.99. The number of benzene rings is 3. The molecule has 0 saturated carbocycles. The maximum atomic E-state index is 13.0. The van der Waals surface area contributed by atoms with Gasteiger partial charge in [-0.2, -0.15) is 0 Å². The van der Waals surface area contributed by atoms with E-state index in [1.165, 1.54) is 18.2 Å². The van der Waals surface area contributed by atoms with Crippen LogP contribution in [0.3, 0.4) is 0 Å². The van der Waals surface area contributed by atoms with Gasteiger partial charge in [-0.05, 0) is 35.7 Å². The number of non-ortho nitro benzene ring substituents is 1. The molecule has 2 heterocycles. The summed E-state index contributed by atoms with van der Waals surface area (Å²) < 4.78 is 0. The zero-order chi connectivity index (χ0) is 24.5. The molecule has 1 atom stereocenters. The lowest BCUT2D eigenvalue weighted by Gasteiger charge is -2.15. The number of rotatable bonds is 6. The van der Waals surface area contributed by atoms with Crippen LogP contribution in [0.25, 0.3) is 11.3 Å². The van der Waals surface area contributed by atoms with Crippen LogP contribution in [-0.2, 0) is 16.0 Å². The van der Waals surface area contributed by atoms with Gasteiger partial charge in [-0.15, -0.1) is 0 Å². The minimum Gasteiger partial charge on any atom is -0.354 e. The van der Waals surface area contributed by atoms with Crippen molar-refractivity contribution >= 4 is 57.1 Å². The second-order valence-corrected chi connectivity index (χ2v) is 9.14. The number of carbonyl (C=O) groups is 3. The number of nitrogens with zero attached hydrogens (tertiary/aromatic N) is 1. The number of nitrogens with one attached hydrogen (secondary N) is 3. The smallest absolute Gasteiger partial charge is 0.286 e. The summed E-state index contributed by atoms with van der Waals surface area (Å²) in [4.78, 5) is 47.1. The van der Waals surface area contributed by atoms with Crippen LogP contribution in [0.4, 0.5) is 21.9 Å². The Kier molecular flexibility index (Phi) is 5.79. The Morgan fingerprint density at radius 3 is 2.37 bits per heavy atom. The zero-order valence-electron chi connectivity index (χ0n) is 18.1. The van der Waals surface area contributed by atoms with E-state index in [4.69, 9.17) is 0 Å². The molecule has 2 aliphatic heterocycles. The summed E-state index contributed by atoms with van der Waals surface area (Å²) in [6.45, 7) is 0.